The van der Waals surface area contributed by atoms with Crippen LogP contribution in [0, 0.1) is 5.92 Å². The summed E-state index contributed by atoms with van der Waals surface area (Å²) >= 11 is 3.49. The quantitative estimate of drug-likeness (QED) is 0.871. The lowest BCUT2D eigenvalue weighted by Gasteiger charge is -2.18. The lowest BCUT2D eigenvalue weighted by atomic mass is 10.1. The van der Waals surface area contributed by atoms with Gasteiger partial charge in [-0.25, -0.2) is 0 Å². The minimum absolute atomic E-state index is 0.616. The highest BCUT2D eigenvalue weighted by Crippen LogP contribution is 2.13. The fraction of sp³-hybridized carbons (Fsp3) is 0.538. The highest BCUT2D eigenvalue weighted by atomic mass is 79.9. The first-order valence-electron chi connectivity index (χ1n) is 5.75. The molecule has 0 saturated heterocycles. The van der Waals surface area contributed by atoms with Crippen molar-refractivity contribution in [3.8, 4) is 0 Å². The monoisotopic (exact) mass is 284 g/mol. The zero-order valence-corrected chi connectivity index (χ0v) is 11.7. The summed E-state index contributed by atoms with van der Waals surface area (Å²) in [5.74, 6) is 0.616. The maximum atomic E-state index is 5.61. The van der Waals surface area contributed by atoms with Crippen molar-refractivity contribution in [2.75, 3.05) is 20.1 Å². The second kappa shape index (κ2) is 7.05. The largest absolute Gasteiger partial charge is 0.330 e. The molecule has 0 amide bonds. The van der Waals surface area contributed by atoms with Gasteiger partial charge >= 0.3 is 0 Å². The van der Waals surface area contributed by atoms with Gasteiger partial charge < -0.3 is 10.6 Å². The molecular weight excluding hydrogens is 264 g/mol. The number of benzene rings is 1. The molecule has 3 heteroatoms. The van der Waals surface area contributed by atoms with E-state index in [0.717, 1.165) is 24.1 Å². The lowest BCUT2D eigenvalue weighted by Crippen LogP contribution is -2.23. The van der Waals surface area contributed by atoms with E-state index in [1.807, 2.05) is 0 Å². The van der Waals surface area contributed by atoms with Gasteiger partial charge in [-0.2, -0.15) is 0 Å². The van der Waals surface area contributed by atoms with Gasteiger partial charge in [-0.15, -0.1) is 0 Å². The van der Waals surface area contributed by atoms with Crippen LogP contribution in [0.4, 0.5) is 0 Å². The van der Waals surface area contributed by atoms with Crippen molar-refractivity contribution in [1.29, 1.82) is 0 Å². The van der Waals surface area contributed by atoms with Crippen LogP contribution in [-0.4, -0.2) is 25.0 Å². The minimum atomic E-state index is 0.616. The SMILES string of the molecule is CC(CN)CCN(C)Cc1cccc(Br)c1. The van der Waals surface area contributed by atoms with E-state index in [4.69, 9.17) is 5.73 Å². The molecule has 2 N–H and O–H groups in total. The van der Waals surface area contributed by atoms with Crippen LogP contribution in [0.1, 0.15) is 18.9 Å². The number of nitrogens with two attached hydrogens (primary N) is 1. The molecule has 90 valence electrons. The van der Waals surface area contributed by atoms with Crippen LogP contribution in [0.2, 0.25) is 0 Å². The van der Waals surface area contributed by atoms with Crippen LogP contribution in [0.25, 0.3) is 0 Å². The van der Waals surface area contributed by atoms with Crippen molar-refractivity contribution < 1.29 is 0 Å². The summed E-state index contributed by atoms with van der Waals surface area (Å²) < 4.78 is 1.15. The highest BCUT2D eigenvalue weighted by Gasteiger charge is 2.04. The van der Waals surface area contributed by atoms with Crippen molar-refractivity contribution in [1.82, 2.24) is 4.90 Å². The molecule has 1 unspecified atom stereocenters. The Bertz CT molecular complexity index is 315. The molecule has 0 saturated carbocycles. The standard InChI is InChI=1S/C13H21BrN2/c1-11(9-15)6-7-16(2)10-12-4-3-5-13(14)8-12/h3-5,8,11H,6-7,9-10,15H2,1-2H3. The number of hydrogen-bond acceptors (Lipinski definition) is 2. The Labute approximate surface area is 107 Å². The van der Waals surface area contributed by atoms with Crippen molar-refractivity contribution >= 4 is 15.9 Å². The Kier molecular flexibility index (Phi) is 6.03. The summed E-state index contributed by atoms with van der Waals surface area (Å²) in [6.45, 7) is 5.08. The molecule has 16 heavy (non-hydrogen) atoms. The average molecular weight is 285 g/mol. The summed E-state index contributed by atoms with van der Waals surface area (Å²) in [6.07, 6.45) is 1.17. The van der Waals surface area contributed by atoms with Gasteiger partial charge in [0.1, 0.15) is 0 Å². The highest BCUT2D eigenvalue weighted by molar-refractivity contribution is 9.10. The molecule has 0 bridgehead atoms. The smallest absolute Gasteiger partial charge is 0.0231 e. The molecule has 1 aromatic carbocycles. The Morgan fingerprint density at radius 1 is 1.44 bits per heavy atom. The second-order valence-electron chi connectivity index (χ2n) is 4.50. The first kappa shape index (κ1) is 13.7. The molecule has 0 aliphatic rings. The number of hydrogen-bond donors (Lipinski definition) is 1. The van der Waals surface area contributed by atoms with Crippen LogP contribution in [0.5, 0.6) is 0 Å². The zero-order valence-electron chi connectivity index (χ0n) is 10.1. The number of halogens is 1. The molecule has 0 aromatic heterocycles. The molecule has 0 aliphatic carbocycles. The van der Waals surface area contributed by atoms with E-state index in [-0.39, 0.29) is 0 Å². The van der Waals surface area contributed by atoms with Gasteiger partial charge in [0.15, 0.2) is 0 Å². The molecule has 0 heterocycles. The third-order valence-electron chi connectivity index (χ3n) is 2.75. The van der Waals surface area contributed by atoms with E-state index in [9.17, 15) is 0 Å². The molecule has 1 aromatic rings. The Morgan fingerprint density at radius 2 is 2.19 bits per heavy atom. The zero-order chi connectivity index (χ0) is 12.0. The van der Waals surface area contributed by atoms with Crippen LogP contribution < -0.4 is 5.73 Å². The first-order chi connectivity index (χ1) is 7.61. The molecule has 1 atom stereocenters. The summed E-state index contributed by atoms with van der Waals surface area (Å²) in [5.41, 5.74) is 6.95. The van der Waals surface area contributed by atoms with Gasteiger partial charge in [-0.1, -0.05) is 35.0 Å². The maximum Gasteiger partial charge on any atom is 0.0231 e. The normalized spacial score (nSPS) is 13.1. The van der Waals surface area contributed by atoms with Crippen LogP contribution in [-0.2, 0) is 6.54 Å². The molecule has 2 nitrogen and oxygen atoms in total. The van der Waals surface area contributed by atoms with Crippen LogP contribution in [0.15, 0.2) is 28.7 Å². The predicted octanol–water partition coefficient (Wildman–Crippen LogP) is 2.87. The van der Waals surface area contributed by atoms with E-state index < -0.39 is 0 Å². The number of rotatable bonds is 6. The van der Waals surface area contributed by atoms with E-state index >= 15 is 0 Å². The van der Waals surface area contributed by atoms with E-state index in [2.05, 4.69) is 59.1 Å². The fourth-order valence-corrected chi connectivity index (χ4v) is 2.03. The van der Waals surface area contributed by atoms with Gasteiger partial charge in [-0.05, 0) is 50.2 Å². The summed E-state index contributed by atoms with van der Waals surface area (Å²) in [7, 11) is 2.16. The van der Waals surface area contributed by atoms with Crippen molar-refractivity contribution in [3.63, 3.8) is 0 Å². The van der Waals surface area contributed by atoms with E-state index in [0.29, 0.717) is 5.92 Å². The first-order valence-corrected chi connectivity index (χ1v) is 6.54. The number of nitrogens with zero attached hydrogens (tertiary/aromatic N) is 1. The predicted molar refractivity (Wildman–Crippen MR) is 73.3 cm³/mol. The maximum absolute atomic E-state index is 5.61. The van der Waals surface area contributed by atoms with Gasteiger partial charge in [0.05, 0.1) is 0 Å². The van der Waals surface area contributed by atoms with Gasteiger partial charge in [0.2, 0.25) is 0 Å². The van der Waals surface area contributed by atoms with Crippen LogP contribution in [0.3, 0.4) is 0 Å². The van der Waals surface area contributed by atoms with Gasteiger partial charge in [0.25, 0.3) is 0 Å². The Hall–Kier alpha value is -0.380. The summed E-state index contributed by atoms with van der Waals surface area (Å²) in [6, 6.07) is 8.46. The molecule has 1 rings (SSSR count). The lowest BCUT2D eigenvalue weighted by molar-refractivity contribution is 0.300. The topological polar surface area (TPSA) is 29.3 Å². The minimum Gasteiger partial charge on any atom is -0.330 e. The molecule has 0 spiro atoms. The van der Waals surface area contributed by atoms with Crippen molar-refractivity contribution in [2.45, 2.75) is 19.9 Å². The summed E-state index contributed by atoms with van der Waals surface area (Å²) in [5, 5.41) is 0. The van der Waals surface area contributed by atoms with Gasteiger partial charge in [0, 0.05) is 11.0 Å². The van der Waals surface area contributed by atoms with E-state index in [1.54, 1.807) is 0 Å². The van der Waals surface area contributed by atoms with Crippen molar-refractivity contribution in [2.24, 2.45) is 11.7 Å². The third-order valence-corrected chi connectivity index (χ3v) is 3.24. The van der Waals surface area contributed by atoms with Crippen molar-refractivity contribution in [3.05, 3.63) is 34.3 Å². The molecule has 0 aliphatic heterocycles. The third kappa shape index (κ3) is 5.10. The van der Waals surface area contributed by atoms with Crippen LogP contribution >= 0.6 is 15.9 Å². The fourth-order valence-electron chi connectivity index (χ4n) is 1.58. The van der Waals surface area contributed by atoms with Gasteiger partial charge in [-0.3, -0.25) is 0 Å². The Balaban J connectivity index is 2.36. The molecule has 0 fully saturated rings. The summed E-state index contributed by atoms with van der Waals surface area (Å²) in [4.78, 5) is 2.34. The molecular formula is C13H21BrN2. The second-order valence-corrected chi connectivity index (χ2v) is 5.41. The van der Waals surface area contributed by atoms with E-state index in [1.165, 1.54) is 12.0 Å². The Morgan fingerprint density at radius 3 is 2.81 bits per heavy atom. The molecule has 0 radical (unpaired) electrons. The average Bonchev–Trinajstić information content (AvgIpc) is 2.26.